The molecule has 3 unspecified atom stereocenters. The molecule has 3 saturated carbocycles. The van der Waals surface area contributed by atoms with Crippen molar-refractivity contribution in [2.75, 3.05) is 6.61 Å². The Balaban J connectivity index is 1.66. The molecule has 0 aromatic carbocycles. The topological polar surface area (TPSA) is 80.9 Å². The van der Waals surface area contributed by atoms with Gasteiger partial charge >= 0.3 is 0 Å². The molecule has 0 bridgehead atoms. The number of rotatable bonds is 8. The molecule has 4 heteroatoms. The van der Waals surface area contributed by atoms with Gasteiger partial charge in [-0.3, -0.25) is 0 Å². The summed E-state index contributed by atoms with van der Waals surface area (Å²) in [6.07, 6.45) is 16.1. The lowest BCUT2D eigenvalue weighted by molar-refractivity contribution is 0.0596. The monoisotopic (exact) mass is 460 g/mol. The molecule has 3 fully saturated rings. The lowest BCUT2D eigenvalue weighted by Gasteiger charge is -2.44. The molecule has 0 aromatic heterocycles. The highest BCUT2D eigenvalue weighted by molar-refractivity contribution is 5.30. The second-order valence-electron chi connectivity index (χ2n) is 12.0. The Hall–Kier alpha value is -0.940. The maximum atomic E-state index is 10.5. The smallest absolute Gasteiger partial charge is 0.0812 e. The molecule has 33 heavy (non-hydrogen) atoms. The van der Waals surface area contributed by atoms with Gasteiger partial charge in [-0.2, -0.15) is 0 Å². The fraction of sp³-hybridized carbons (Fsp3) is 0.793. The molecule has 0 aliphatic heterocycles. The van der Waals surface area contributed by atoms with Gasteiger partial charge in [-0.1, -0.05) is 56.1 Å². The van der Waals surface area contributed by atoms with Crippen LogP contribution in [-0.4, -0.2) is 44.8 Å². The van der Waals surface area contributed by atoms with E-state index in [9.17, 15) is 15.3 Å². The zero-order valence-corrected chi connectivity index (χ0v) is 21.4. The summed E-state index contributed by atoms with van der Waals surface area (Å²) in [5, 5.41) is 40.1. The Morgan fingerprint density at radius 2 is 1.82 bits per heavy atom. The van der Waals surface area contributed by atoms with Crippen LogP contribution in [0.1, 0.15) is 98.3 Å². The van der Waals surface area contributed by atoms with Crippen LogP contribution in [0.2, 0.25) is 0 Å². The molecule has 4 nitrogen and oxygen atoms in total. The predicted molar refractivity (Wildman–Crippen MR) is 135 cm³/mol. The van der Waals surface area contributed by atoms with Gasteiger partial charge in [0, 0.05) is 6.61 Å². The van der Waals surface area contributed by atoms with Crippen LogP contribution < -0.4 is 0 Å². The van der Waals surface area contributed by atoms with Gasteiger partial charge in [0.2, 0.25) is 0 Å². The van der Waals surface area contributed by atoms with Crippen molar-refractivity contribution in [3.8, 4) is 0 Å². The van der Waals surface area contributed by atoms with E-state index in [0.717, 1.165) is 30.8 Å². The highest BCUT2D eigenvalue weighted by Gasteiger charge is 2.50. The maximum absolute atomic E-state index is 10.5. The van der Waals surface area contributed by atoms with E-state index in [4.69, 9.17) is 5.11 Å². The molecular weight excluding hydrogens is 412 g/mol. The van der Waals surface area contributed by atoms with Crippen molar-refractivity contribution in [3.63, 3.8) is 0 Å². The van der Waals surface area contributed by atoms with Crippen LogP contribution >= 0.6 is 0 Å². The second-order valence-corrected chi connectivity index (χ2v) is 12.0. The van der Waals surface area contributed by atoms with E-state index < -0.39 is 17.8 Å². The Kier molecular flexibility index (Phi) is 9.05. The summed E-state index contributed by atoms with van der Waals surface area (Å²) in [6.45, 7) is 8.81. The average molecular weight is 461 g/mol. The molecule has 3 rings (SSSR count). The first-order chi connectivity index (χ1) is 15.5. The zero-order valence-electron chi connectivity index (χ0n) is 21.4. The highest BCUT2D eigenvalue weighted by Crippen LogP contribution is 2.60. The van der Waals surface area contributed by atoms with E-state index >= 15 is 0 Å². The fourth-order valence-electron chi connectivity index (χ4n) is 7.17. The number of allylic oxidation sites excluding steroid dienone is 3. The molecular formula is C29H48O4. The van der Waals surface area contributed by atoms with Crippen molar-refractivity contribution < 1.29 is 20.4 Å². The van der Waals surface area contributed by atoms with E-state index in [0.29, 0.717) is 42.1 Å². The number of hydrogen-bond acceptors (Lipinski definition) is 4. The Morgan fingerprint density at radius 3 is 2.45 bits per heavy atom. The van der Waals surface area contributed by atoms with Crippen molar-refractivity contribution in [1.82, 2.24) is 0 Å². The molecule has 3 aliphatic carbocycles. The van der Waals surface area contributed by atoms with Crippen molar-refractivity contribution in [2.45, 2.75) is 116 Å². The fourth-order valence-corrected chi connectivity index (χ4v) is 7.17. The minimum atomic E-state index is -0.651. The minimum absolute atomic E-state index is 0.0386. The van der Waals surface area contributed by atoms with Gasteiger partial charge < -0.3 is 20.4 Å². The van der Waals surface area contributed by atoms with E-state index in [1.54, 1.807) is 11.6 Å². The Morgan fingerprint density at radius 1 is 1.12 bits per heavy atom. The van der Waals surface area contributed by atoms with Crippen molar-refractivity contribution in [1.29, 1.82) is 0 Å². The third-order valence-electron chi connectivity index (χ3n) is 8.90. The maximum Gasteiger partial charge on any atom is 0.0812 e. The first kappa shape index (κ1) is 26.7. The second kappa shape index (κ2) is 11.2. The summed E-state index contributed by atoms with van der Waals surface area (Å²) in [6, 6.07) is 0. The first-order valence-corrected chi connectivity index (χ1v) is 13.3. The molecule has 0 saturated heterocycles. The van der Waals surface area contributed by atoms with Gasteiger partial charge in [-0.25, -0.2) is 0 Å². The molecule has 0 radical (unpaired) electrons. The third-order valence-corrected chi connectivity index (χ3v) is 8.90. The molecule has 4 N–H and O–H groups in total. The van der Waals surface area contributed by atoms with Crippen molar-refractivity contribution >= 4 is 0 Å². The molecule has 6 atom stereocenters. The Labute approximate surface area is 201 Å². The molecule has 0 heterocycles. The van der Waals surface area contributed by atoms with Crippen molar-refractivity contribution in [2.24, 2.45) is 23.2 Å². The van der Waals surface area contributed by atoms with Gasteiger partial charge in [0.25, 0.3) is 0 Å². The van der Waals surface area contributed by atoms with Crippen LogP contribution in [0.4, 0.5) is 0 Å². The molecule has 3 aliphatic rings. The quantitative estimate of drug-likeness (QED) is 0.363. The summed E-state index contributed by atoms with van der Waals surface area (Å²) in [7, 11) is 0. The number of fused-ring (bicyclic) bond motifs is 1. The molecule has 0 spiro atoms. The van der Waals surface area contributed by atoms with E-state index in [1.807, 2.05) is 13.8 Å². The number of hydrogen-bond donors (Lipinski definition) is 4. The van der Waals surface area contributed by atoms with Crippen LogP contribution in [0.15, 0.2) is 34.9 Å². The van der Waals surface area contributed by atoms with Crippen molar-refractivity contribution in [3.05, 3.63) is 34.9 Å². The first-order valence-electron chi connectivity index (χ1n) is 13.3. The summed E-state index contributed by atoms with van der Waals surface area (Å²) in [5.41, 5.74) is 3.14. The van der Waals surface area contributed by atoms with Gasteiger partial charge in [0.15, 0.2) is 0 Å². The third kappa shape index (κ3) is 6.60. The predicted octanol–water partition coefficient (Wildman–Crippen LogP) is 5.46. The van der Waals surface area contributed by atoms with Crippen LogP contribution in [0, 0.1) is 23.2 Å². The van der Waals surface area contributed by atoms with Crippen LogP contribution in [0.3, 0.4) is 0 Å². The largest absolute Gasteiger partial charge is 0.396 e. The van der Waals surface area contributed by atoms with E-state index in [1.165, 1.54) is 32.1 Å². The minimum Gasteiger partial charge on any atom is -0.396 e. The summed E-state index contributed by atoms with van der Waals surface area (Å²) in [5.74, 6) is 2.08. The summed E-state index contributed by atoms with van der Waals surface area (Å²) in [4.78, 5) is 0. The Bertz CT molecular complexity index is 727. The van der Waals surface area contributed by atoms with Crippen LogP contribution in [0.5, 0.6) is 0 Å². The van der Waals surface area contributed by atoms with Gasteiger partial charge in [-0.15, -0.1) is 0 Å². The van der Waals surface area contributed by atoms with Gasteiger partial charge in [0.1, 0.15) is 0 Å². The molecule has 0 aromatic rings. The standard InChI is InChI=1S/C29H48O4/c1-20(8-5-15-28(2,3)33)24-13-14-25-22(9-6-16-29(24,25)4)12-11-21-18-26(31)23(10-7-17-30)27(32)19-21/h10-12,20,24-27,30-33H,5-9,13-19H2,1-4H3/b21-11?,22-12+,23-10?/t20-,24?,25+,26-,27?,29?/m1/s1. The summed E-state index contributed by atoms with van der Waals surface area (Å²) >= 11 is 0. The lowest BCUT2D eigenvalue weighted by atomic mass is 9.60. The average Bonchev–Trinajstić information content (AvgIpc) is 3.08. The van der Waals surface area contributed by atoms with E-state index in [2.05, 4.69) is 26.0 Å². The van der Waals surface area contributed by atoms with Crippen LogP contribution in [0.25, 0.3) is 0 Å². The number of aliphatic hydroxyl groups excluding tert-OH is 3. The molecule has 188 valence electrons. The SMILES string of the molecule is C[C@H](CCCC(C)(C)O)C1CC[C@H]2/C(=C/C=C3CC(O)C(=CCCO)[C@H](O)C3)CCCC12C. The zero-order chi connectivity index (χ0) is 24.2. The van der Waals surface area contributed by atoms with Gasteiger partial charge in [-0.05, 0) is 100 Å². The molecule has 0 amide bonds. The normalized spacial score (nSPS) is 37.6. The van der Waals surface area contributed by atoms with Crippen LogP contribution in [-0.2, 0) is 0 Å². The van der Waals surface area contributed by atoms with E-state index in [-0.39, 0.29) is 6.61 Å². The lowest BCUT2D eigenvalue weighted by Crippen LogP contribution is -2.36. The highest BCUT2D eigenvalue weighted by atomic mass is 16.3. The van der Waals surface area contributed by atoms with Gasteiger partial charge in [0.05, 0.1) is 17.8 Å². The summed E-state index contributed by atoms with van der Waals surface area (Å²) < 4.78 is 0. The number of aliphatic hydroxyl groups is 4.